The van der Waals surface area contributed by atoms with Crippen molar-refractivity contribution >= 4 is 39.5 Å². The first-order chi connectivity index (χ1) is 11.2. The third-order valence-electron chi connectivity index (χ3n) is 3.23. The Morgan fingerprint density at radius 2 is 2.00 bits per heavy atom. The second-order valence-electron chi connectivity index (χ2n) is 4.68. The fourth-order valence-electron chi connectivity index (χ4n) is 2.18. The molecule has 0 aliphatic heterocycles. The van der Waals surface area contributed by atoms with Crippen LogP contribution in [0.1, 0.15) is 0 Å². The first-order valence-corrected chi connectivity index (χ1v) is 7.42. The maximum absolute atomic E-state index is 10.6. The summed E-state index contributed by atoms with van der Waals surface area (Å²) >= 11 is 1.19. The van der Waals surface area contributed by atoms with Crippen molar-refractivity contribution < 1.29 is 4.92 Å². The van der Waals surface area contributed by atoms with Crippen LogP contribution in [0, 0.1) is 10.1 Å². The number of hydrogen-bond donors (Lipinski definition) is 1. The molecular formula is C14H8N6O2S. The molecule has 9 heteroatoms. The normalized spacial score (nSPS) is 11.1. The second kappa shape index (κ2) is 5.29. The third kappa shape index (κ3) is 2.46. The first kappa shape index (κ1) is 13.6. The Balaban J connectivity index is 1.69. The molecule has 0 aliphatic rings. The maximum Gasteiger partial charge on any atom is 0.287 e. The highest BCUT2D eigenvalue weighted by atomic mass is 32.2. The molecule has 0 spiro atoms. The Kier molecular flexibility index (Phi) is 3.12. The summed E-state index contributed by atoms with van der Waals surface area (Å²) in [7, 11) is 0. The van der Waals surface area contributed by atoms with Crippen LogP contribution in [0.3, 0.4) is 0 Å². The van der Waals surface area contributed by atoms with E-state index in [1.807, 2.05) is 24.3 Å². The molecular weight excluding hydrogens is 316 g/mol. The number of para-hydroxylation sites is 1. The smallest absolute Gasteiger partial charge is 0.287 e. The summed E-state index contributed by atoms with van der Waals surface area (Å²) in [4.78, 5) is 21.8. The molecule has 0 unspecified atom stereocenters. The van der Waals surface area contributed by atoms with Crippen LogP contribution in [0.2, 0.25) is 0 Å². The number of pyridine rings is 1. The van der Waals surface area contributed by atoms with Gasteiger partial charge < -0.3 is 4.98 Å². The number of aromatic amines is 1. The van der Waals surface area contributed by atoms with E-state index in [2.05, 4.69) is 25.1 Å². The van der Waals surface area contributed by atoms with Crippen molar-refractivity contribution in [2.45, 2.75) is 10.2 Å². The molecule has 0 bridgehead atoms. The van der Waals surface area contributed by atoms with Gasteiger partial charge in [0, 0.05) is 17.0 Å². The summed E-state index contributed by atoms with van der Waals surface area (Å²) in [6.45, 7) is 0. The molecule has 4 rings (SSSR count). The van der Waals surface area contributed by atoms with E-state index in [1.165, 1.54) is 24.0 Å². The van der Waals surface area contributed by atoms with E-state index in [-0.39, 0.29) is 5.69 Å². The van der Waals surface area contributed by atoms with Crippen LogP contribution in [-0.4, -0.2) is 30.1 Å². The summed E-state index contributed by atoms with van der Waals surface area (Å²) in [5.41, 5.74) is 2.24. The highest BCUT2D eigenvalue weighted by Crippen LogP contribution is 2.26. The van der Waals surface area contributed by atoms with Crippen molar-refractivity contribution in [2.75, 3.05) is 0 Å². The number of nitro groups is 1. The molecule has 0 aliphatic carbocycles. The third-order valence-corrected chi connectivity index (χ3v) is 4.04. The van der Waals surface area contributed by atoms with Gasteiger partial charge >= 0.3 is 0 Å². The average molecular weight is 324 g/mol. The van der Waals surface area contributed by atoms with Gasteiger partial charge in [-0.2, -0.15) is 0 Å². The van der Waals surface area contributed by atoms with E-state index in [0.717, 1.165) is 10.9 Å². The fourth-order valence-corrected chi connectivity index (χ4v) is 2.83. The highest BCUT2D eigenvalue weighted by Gasteiger charge is 2.11. The minimum atomic E-state index is -0.490. The number of nitrogens with one attached hydrogen (secondary N) is 1. The number of fused-ring (bicyclic) bond motifs is 3. The van der Waals surface area contributed by atoms with E-state index < -0.39 is 4.92 Å². The number of H-pyrrole nitrogens is 1. The second-order valence-corrected chi connectivity index (χ2v) is 5.66. The molecule has 0 amide bonds. The summed E-state index contributed by atoms with van der Waals surface area (Å²) in [5.74, 6) is 0. The van der Waals surface area contributed by atoms with Crippen LogP contribution < -0.4 is 0 Å². The molecule has 0 saturated heterocycles. The molecule has 0 fully saturated rings. The Morgan fingerprint density at radius 3 is 2.78 bits per heavy atom. The molecule has 3 heterocycles. The lowest BCUT2D eigenvalue weighted by Crippen LogP contribution is -1.93. The van der Waals surface area contributed by atoms with Crippen molar-refractivity contribution in [3.05, 3.63) is 52.7 Å². The van der Waals surface area contributed by atoms with Crippen LogP contribution in [-0.2, 0) is 0 Å². The molecule has 0 radical (unpaired) electrons. The Hall–Kier alpha value is -3.07. The van der Waals surface area contributed by atoms with Crippen LogP contribution in [0.15, 0.2) is 52.8 Å². The van der Waals surface area contributed by atoms with Gasteiger partial charge in [0.2, 0.25) is 5.16 Å². The highest BCUT2D eigenvalue weighted by molar-refractivity contribution is 7.99. The summed E-state index contributed by atoms with van der Waals surface area (Å²) in [5, 5.41) is 20.9. The van der Waals surface area contributed by atoms with Gasteiger partial charge in [0.25, 0.3) is 5.69 Å². The average Bonchev–Trinajstić information content (AvgIpc) is 2.93. The topological polar surface area (TPSA) is 110 Å². The predicted octanol–water partition coefficient (Wildman–Crippen LogP) is 2.96. The minimum Gasteiger partial charge on any atom is -0.338 e. The lowest BCUT2D eigenvalue weighted by atomic mass is 10.2. The molecule has 3 aromatic heterocycles. The van der Waals surface area contributed by atoms with Gasteiger partial charge in [0.15, 0.2) is 5.65 Å². The predicted molar refractivity (Wildman–Crippen MR) is 84.2 cm³/mol. The Labute approximate surface area is 133 Å². The van der Waals surface area contributed by atoms with Gasteiger partial charge in [0.1, 0.15) is 16.7 Å². The maximum atomic E-state index is 10.6. The standard InChI is InChI=1S/C14H8N6O2S/c21-20(22)8-5-6-11(15-7-8)23-14-17-13-12(18-19-14)9-3-1-2-4-10(9)16-13/h1-7H,(H,16,17,19). The van der Waals surface area contributed by atoms with Gasteiger partial charge in [-0.15, -0.1) is 10.2 Å². The van der Waals surface area contributed by atoms with Crippen molar-refractivity contribution in [1.29, 1.82) is 0 Å². The molecule has 23 heavy (non-hydrogen) atoms. The molecule has 112 valence electrons. The molecule has 0 saturated carbocycles. The number of hydrogen-bond acceptors (Lipinski definition) is 7. The van der Waals surface area contributed by atoms with Crippen LogP contribution in [0.5, 0.6) is 0 Å². The number of rotatable bonds is 3. The van der Waals surface area contributed by atoms with E-state index in [9.17, 15) is 10.1 Å². The van der Waals surface area contributed by atoms with Crippen molar-refractivity contribution in [3.63, 3.8) is 0 Å². The van der Waals surface area contributed by atoms with Crippen LogP contribution in [0.25, 0.3) is 22.1 Å². The number of benzene rings is 1. The SMILES string of the molecule is O=[N+]([O-])c1ccc(Sc2nnc3c(n2)[nH]c2ccccc23)nc1. The van der Waals surface area contributed by atoms with Gasteiger partial charge in [-0.1, -0.05) is 18.2 Å². The Bertz CT molecular complexity index is 1030. The van der Waals surface area contributed by atoms with E-state index in [4.69, 9.17) is 0 Å². The summed E-state index contributed by atoms with van der Waals surface area (Å²) in [6.07, 6.45) is 1.21. The van der Waals surface area contributed by atoms with Crippen molar-refractivity contribution in [2.24, 2.45) is 0 Å². The number of nitrogens with zero attached hydrogens (tertiary/aromatic N) is 5. The van der Waals surface area contributed by atoms with Gasteiger partial charge in [-0.25, -0.2) is 9.97 Å². The summed E-state index contributed by atoms with van der Waals surface area (Å²) in [6, 6.07) is 10.7. The zero-order valence-corrected chi connectivity index (χ0v) is 12.3. The van der Waals surface area contributed by atoms with E-state index in [0.29, 0.717) is 21.3 Å². The van der Waals surface area contributed by atoms with Crippen LogP contribution in [0.4, 0.5) is 5.69 Å². The van der Waals surface area contributed by atoms with E-state index >= 15 is 0 Å². The van der Waals surface area contributed by atoms with Crippen LogP contribution >= 0.6 is 11.8 Å². The zero-order valence-electron chi connectivity index (χ0n) is 11.5. The van der Waals surface area contributed by atoms with Crippen molar-refractivity contribution in [1.82, 2.24) is 25.1 Å². The zero-order chi connectivity index (χ0) is 15.8. The molecule has 0 atom stereocenters. The molecule has 4 aromatic rings. The largest absolute Gasteiger partial charge is 0.338 e. The Morgan fingerprint density at radius 1 is 1.13 bits per heavy atom. The van der Waals surface area contributed by atoms with Gasteiger partial charge in [-0.3, -0.25) is 10.1 Å². The fraction of sp³-hybridized carbons (Fsp3) is 0. The number of aromatic nitrogens is 5. The van der Waals surface area contributed by atoms with Gasteiger partial charge in [-0.05, 0) is 23.9 Å². The minimum absolute atomic E-state index is 0.0561. The van der Waals surface area contributed by atoms with Gasteiger partial charge in [0.05, 0.1) is 4.92 Å². The lowest BCUT2D eigenvalue weighted by Gasteiger charge is -1.98. The quantitative estimate of drug-likeness (QED) is 0.455. The van der Waals surface area contributed by atoms with Crippen molar-refractivity contribution in [3.8, 4) is 0 Å². The first-order valence-electron chi connectivity index (χ1n) is 6.60. The molecule has 1 N–H and O–H groups in total. The summed E-state index contributed by atoms with van der Waals surface area (Å²) < 4.78 is 0. The molecule has 1 aromatic carbocycles. The molecule has 8 nitrogen and oxygen atoms in total. The lowest BCUT2D eigenvalue weighted by molar-refractivity contribution is -0.385. The monoisotopic (exact) mass is 324 g/mol. The van der Waals surface area contributed by atoms with E-state index in [1.54, 1.807) is 6.07 Å².